The van der Waals surface area contributed by atoms with Crippen LogP contribution >= 0.6 is 11.3 Å². The Balaban J connectivity index is 1.44. The van der Waals surface area contributed by atoms with Gasteiger partial charge in [0, 0.05) is 25.4 Å². The smallest absolute Gasteiger partial charge is 0.253 e. The van der Waals surface area contributed by atoms with Crippen molar-refractivity contribution in [2.24, 2.45) is 0 Å². The lowest BCUT2D eigenvalue weighted by molar-refractivity contribution is 0.0954. The first kappa shape index (κ1) is 15.5. The van der Waals surface area contributed by atoms with Gasteiger partial charge in [-0.05, 0) is 30.3 Å². The molecule has 5 nitrogen and oxygen atoms in total. The number of hydrogen-bond acceptors (Lipinski definition) is 4. The summed E-state index contributed by atoms with van der Waals surface area (Å²) >= 11 is 1.67. The van der Waals surface area contributed by atoms with Gasteiger partial charge in [0.25, 0.3) is 5.91 Å². The fraction of sp³-hybridized carbons (Fsp3) is 0.105. The Bertz CT molecular complexity index is 974. The predicted molar refractivity (Wildman–Crippen MR) is 99.2 cm³/mol. The van der Waals surface area contributed by atoms with Crippen molar-refractivity contribution in [1.82, 2.24) is 20.1 Å². The van der Waals surface area contributed by atoms with Crippen molar-refractivity contribution in [3.05, 3.63) is 77.6 Å². The van der Waals surface area contributed by atoms with E-state index in [1.54, 1.807) is 22.2 Å². The van der Waals surface area contributed by atoms with Gasteiger partial charge in [-0.25, -0.2) is 9.67 Å². The zero-order valence-corrected chi connectivity index (χ0v) is 14.2. The van der Waals surface area contributed by atoms with Crippen LogP contribution in [0.25, 0.3) is 15.9 Å². The van der Waals surface area contributed by atoms with E-state index in [4.69, 9.17) is 0 Å². The van der Waals surface area contributed by atoms with Gasteiger partial charge >= 0.3 is 0 Å². The maximum Gasteiger partial charge on any atom is 0.253 e. The molecule has 1 N–H and O–H groups in total. The lowest BCUT2D eigenvalue weighted by Gasteiger charge is -2.09. The maximum absolute atomic E-state index is 12.6. The van der Waals surface area contributed by atoms with E-state index in [1.165, 1.54) is 4.70 Å². The van der Waals surface area contributed by atoms with E-state index in [2.05, 4.69) is 21.5 Å². The standard InChI is InChI=1S/C19H16N4OS/c24-19(14-6-1-3-8-16(14)23-13-5-11-21-23)20-12-10-18-22-15-7-2-4-9-17(15)25-18/h1-9,11,13H,10,12H2,(H,20,24). The van der Waals surface area contributed by atoms with E-state index in [0.717, 1.165) is 22.6 Å². The van der Waals surface area contributed by atoms with Gasteiger partial charge in [-0.3, -0.25) is 4.79 Å². The molecule has 0 fully saturated rings. The van der Waals surface area contributed by atoms with Crippen LogP contribution in [-0.2, 0) is 6.42 Å². The molecule has 2 heterocycles. The van der Waals surface area contributed by atoms with Crippen molar-refractivity contribution in [3.63, 3.8) is 0 Å². The molecule has 1 amide bonds. The highest BCUT2D eigenvalue weighted by atomic mass is 32.1. The molecule has 2 aromatic heterocycles. The number of carbonyl (C=O) groups excluding carboxylic acids is 1. The second kappa shape index (κ2) is 6.86. The number of hydrogen-bond donors (Lipinski definition) is 1. The highest BCUT2D eigenvalue weighted by Gasteiger charge is 2.12. The molecule has 0 saturated heterocycles. The molecular formula is C19H16N4OS. The third-order valence-corrected chi connectivity index (χ3v) is 4.96. The summed E-state index contributed by atoms with van der Waals surface area (Å²) < 4.78 is 2.87. The molecule has 2 aromatic carbocycles. The number of nitrogens with zero attached hydrogens (tertiary/aromatic N) is 3. The fourth-order valence-corrected chi connectivity index (χ4v) is 3.65. The van der Waals surface area contributed by atoms with Crippen LogP contribution in [0.5, 0.6) is 0 Å². The lowest BCUT2D eigenvalue weighted by Crippen LogP contribution is -2.26. The summed E-state index contributed by atoms with van der Waals surface area (Å²) in [5.74, 6) is -0.104. The summed E-state index contributed by atoms with van der Waals surface area (Å²) in [5.41, 5.74) is 2.39. The van der Waals surface area contributed by atoms with E-state index in [-0.39, 0.29) is 5.91 Å². The molecule has 6 heteroatoms. The zero-order chi connectivity index (χ0) is 17.1. The SMILES string of the molecule is O=C(NCCc1nc2ccccc2s1)c1ccccc1-n1cccn1. The van der Waals surface area contributed by atoms with Gasteiger partial charge in [-0.1, -0.05) is 24.3 Å². The predicted octanol–water partition coefficient (Wildman–Crippen LogP) is 3.45. The van der Waals surface area contributed by atoms with Gasteiger partial charge in [0.2, 0.25) is 0 Å². The van der Waals surface area contributed by atoms with Crippen molar-refractivity contribution in [3.8, 4) is 5.69 Å². The van der Waals surface area contributed by atoms with Crippen LogP contribution < -0.4 is 5.32 Å². The van der Waals surface area contributed by atoms with Crippen LogP contribution in [0, 0.1) is 0 Å². The van der Waals surface area contributed by atoms with Crippen LogP contribution in [0.15, 0.2) is 67.0 Å². The third kappa shape index (κ3) is 3.29. The summed E-state index contributed by atoms with van der Waals surface area (Å²) in [4.78, 5) is 17.1. The molecule has 4 aromatic rings. The number of benzene rings is 2. The Morgan fingerprint density at radius 1 is 1.08 bits per heavy atom. The topological polar surface area (TPSA) is 59.8 Å². The molecule has 0 saturated carbocycles. The zero-order valence-electron chi connectivity index (χ0n) is 13.4. The third-order valence-electron chi connectivity index (χ3n) is 3.86. The molecule has 0 aliphatic heterocycles. The van der Waals surface area contributed by atoms with Gasteiger partial charge < -0.3 is 5.32 Å². The summed E-state index contributed by atoms with van der Waals surface area (Å²) in [6, 6.07) is 17.4. The Hall–Kier alpha value is -2.99. The number of nitrogens with one attached hydrogen (secondary N) is 1. The number of rotatable bonds is 5. The van der Waals surface area contributed by atoms with Gasteiger partial charge in [0.05, 0.1) is 26.5 Å². The molecular weight excluding hydrogens is 332 g/mol. The monoisotopic (exact) mass is 348 g/mol. The number of para-hydroxylation sites is 2. The summed E-state index contributed by atoms with van der Waals surface area (Å²) in [6.45, 7) is 0.548. The second-order valence-corrected chi connectivity index (χ2v) is 6.66. The summed E-state index contributed by atoms with van der Waals surface area (Å²) in [5, 5.41) is 8.22. The van der Waals surface area contributed by atoms with E-state index < -0.39 is 0 Å². The van der Waals surface area contributed by atoms with Crippen LogP contribution in [0.3, 0.4) is 0 Å². The van der Waals surface area contributed by atoms with Gasteiger partial charge in [0.15, 0.2) is 0 Å². The largest absolute Gasteiger partial charge is 0.352 e. The Kier molecular flexibility index (Phi) is 4.26. The number of carbonyl (C=O) groups is 1. The highest BCUT2D eigenvalue weighted by Crippen LogP contribution is 2.21. The van der Waals surface area contributed by atoms with Crippen LogP contribution in [0.2, 0.25) is 0 Å². The van der Waals surface area contributed by atoms with Crippen molar-refractivity contribution in [2.45, 2.75) is 6.42 Å². The number of amides is 1. The molecule has 0 aliphatic carbocycles. The van der Waals surface area contributed by atoms with Gasteiger partial charge in [-0.2, -0.15) is 5.10 Å². The molecule has 0 unspecified atom stereocenters. The van der Waals surface area contributed by atoms with E-state index in [0.29, 0.717) is 12.1 Å². The summed E-state index contributed by atoms with van der Waals surface area (Å²) in [6.07, 6.45) is 4.24. The number of thiazole rings is 1. The fourth-order valence-electron chi connectivity index (χ4n) is 2.68. The average Bonchev–Trinajstić information content (AvgIpc) is 3.31. The molecule has 0 spiro atoms. The molecule has 0 bridgehead atoms. The van der Waals surface area contributed by atoms with Crippen molar-refractivity contribution in [1.29, 1.82) is 0 Å². The normalized spacial score (nSPS) is 10.9. The van der Waals surface area contributed by atoms with E-state index in [1.807, 2.05) is 54.7 Å². The number of fused-ring (bicyclic) bond motifs is 1. The van der Waals surface area contributed by atoms with Crippen molar-refractivity contribution < 1.29 is 4.79 Å². The first-order chi connectivity index (χ1) is 12.3. The minimum atomic E-state index is -0.104. The Morgan fingerprint density at radius 3 is 2.76 bits per heavy atom. The van der Waals surface area contributed by atoms with Crippen LogP contribution in [0.1, 0.15) is 15.4 Å². The Labute approximate surface area is 149 Å². The Morgan fingerprint density at radius 2 is 1.92 bits per heavy atom. The average molecular weight is 348 g/mol. The van der Waals surface area contributed by atoms with Gasteiger partial charge in [-0.15, -0.1) is 11.3 Å². The summed E-state index contributed by atoms with van der Waals surface area (Å²) in [7, 11) is 0. The molecule has 124 valence electrons. The van der Waals surface area contributed by atoms with E-state index in [9.17, 15) is 4.79 Å². The van der Waals surface area contributed by atoms with Crippen LogP contribution in [-0.4, -0.2) is 27.2 Å². The van der Waals surface area contributed by atoms with E-state index >= 15 is 0 Å². The molecule has 0 radical (unpaired) electrons. The first-order valence-electron chi connectivity index (χ1n) is 8.03. The minimum absolute atomic E-state index is 0.104. The van der Waals surface area contributed by atoms with Crippen molar-refractivity contribution in [2.75, 3.05) is 6.54 Å². The first-order valence-corrected chi connectivity index (χ1v) is 8.84. The quantitative estimate of drug-likeness (QED) is 0.601. The minimum Gasteiger partial charge on any atom is -0.352 e. The molecule has 4 rings (SSSR count). The highest BCUT2D eigenvalue weighted by molar-refractivity contribution is 7.18. The second-order valence-electron chi connectivity index (χ2n) is 5.55. The van der Waals surface area contributed by atoms with Crippen LogP contribution in [0.4, 0.5) is 0 Å². The molecule has 25 heavy (non-hydrogen) atoms. The maximum atomic E-state index is 12.6. The number of aromatic nitrogens is 3. The van der Waals surface area contributed by atoms with Crippen molar-refractivity contribution >= 4 is 27.5 Å². The van der Waals surface area contributed by atoms with Gasteiger partial charge in [0.1, 0.15) is 0 Å². The molecule has 0 atom stereocenters. The lowest BCUT2D eigenvalue weighted by atomic mass is 10.1. The molecule has 0 aliphatic rings.